The fourth-order valence-electron chi connectivity index (χ4n) is 1.95. The van der Waals surface area contributed by atoms with Gasteiger partial charge in [0.05, 0.1) is 7.11 Å². The molecule has 0 aliphatic carbocycles. The molecule has 0 fully saturated rings. The highest BCUT2D eigenvalue weighted by atomic mass is 16.5. The van der Waals surface area contributed by atoms with Crippen LogP contribution < -0.4 is 0 Å². The standard InChI is InChI=1S/C15H16O3/c1-3-11-6-4-5-7-12(11)10-13-8-9-14(18-13)15(16)17-2/h4-9H,3,10H2,1-2H3. The topological polar surface area (TPSA) is 39.4 Å². The minimum Gasteiger partial charge on any atom is -0.463 e. The van der Waals surface area contributed by atoms with E-state index in [2.05, 4.69) is 23.8 Å². The third-order valence-corrected chi connectivity index (χ3v) is 2.91. The molecule has 1 aromatic heterocycles. The molecule has 0 saturated carbocycles. The Bertz CT molecular complexity index is 540. The molecule has 1 heterocycles. The van der Waals surface area contributed by atoms with Crippen LogP contribution in [0.1, 0.15) is 34.4 Å². The Morgan fingerprint density at radius 3 is 2.56 bits per heavy atom. The molecule has 0 amide bonds. The summed E-state index contributed by atoms with van der Waals surface area (Å²) in [6, 6.07) is 11.7. The molecule has 0 N–H and O–H groups in total. The first-order chi connectivity index (χ1) is 8.74. The van der Waals surface area contributed by atoms with E-state index in [1.165, 1.54) is 18.2 Å². The number of aryl methyl sites for hydroxylation is 1. The number of methoxy groups -OCH3 is 1. The summed E-state index contributed by atoms with van der Waals surface area (Å²) in [5.74, 6) is 0.586. The molecule has 18 heavy (non-hydrogen) atoms. The van der Waals surface area contributed by atoms with Gasteiger partial charge in [-0.2, -0.15) is 0 Å². The monoisotopic (exact) mass is 244 g/mol. The van der Waals surface area contributed by atoms with Gasteiger partial charge < -0.3 is 9.15 Å². The van der Waals surface area contributed by atoms with Crippen molar-refractivity contribution in [2.24, 2.45) is 0 Å². The Morgan fingerprint density at radius 1 is 1.17 bits per heavy atom. The Hall–Kier alpha value is -2.03. The lowest BCUT2D eigenvalue weighted by atomic mass is 10.0. The molecular formula is C15H16O3. The van der Waals surface area contributed by atoms with Crippen LogP contribution in [0.5, 0.6) is 0 Å². The molecule has 0 aliphatic heterocycles. The summed E-state index contributed by atoms with van der Waals surface area (Å²) in [4.78, 5) is 11.3. The van der Waals surface area contributed by atoms with Gasteiger partial charge in [0.25, 0.3) is 0 Å². The van der Waals surface area contributed by atoms with Gasteiger partial charge in [-0.15, -0.1) is 0 Å². The molecule has 3 nitrogen and oxygen atoms in total. The molecular weight excluding hydrogens is 228 g/mol. The van der Waals surface area contributed by atoms with Crippen LogP contribution in [-0.2, 0) is 17.6 Å². The molecule has 0 radical (unpaired) electrons. The van der Waals surface area contributed by atoms with E-state index in [1.807, 2.05) is 18.2 Å². The average Bonchev–Trinajstić information content (AvgIpc) is 2.87. The molecule has 0 saturated heterocycles. The largest absolute Gasteiger partial charge is 0.463 e. The summed E-state index contributed by atoms with van der Waals surface area (Å²) in [6.45, 7) is 2.13. The van der Waals surface area contributed by atoms with Crippen molar-refractivity contribution in [2.45, 2.75) is 19.8 Å². The third-order valence-electron chi connectivity index (χ3n) is 2.91. The summed E-state index contributed by atoms with van der Waals surface area (Å²) in [5, 5.41) is 0. The summed E-state index contributed by atoms with van der Waals surface area (Å²) in [6.07, 6.45) is 1.68. The number of hydrogen-bond acceptors (Lipinski definition) is 3. The van der Waals surface area contributed by atoms with E-state index < -0.39 is 5.97 Å². The lowest BCUT2D eigenvalue weighted by Crippen LogP contribution is -1.98. The number of hydrogen-bond donors (Lipinski definition) is 0. The van der Waals surface area contributed by atoms with E-state index >= 15 is 0 Å². The van der Waals surface area contributed by atoms with Crippen molar-refractivity contribution in [3.05, 3.63) is 59.0 Å². The van der Waals surface area contributed by atoms with E-state index in [4.69, 9.17) is 4.42 Å². The highest BCUT2D eigenvalue weighted by molar-refractivity contribution is 5.86. The minimum atomic E-state index is -0.440. The first kappa shape index (κ1) is 12.4. The van der Waals surface area contributed by atoms with Crippen LogP contribution in [0, 0.1) is 0 Å². The second-order valence-corrected chi connectivity index (χ2v) is 4.06. The van der Waals surface area contributed by atoms with Gasteiger partial charge in [-0.25, -0.2) is 4.79 Å². The van der Waals surface area contributed by atoms with Crippen molar-refractivity contribution in [3.63, 3.8) is 0 Å². The number of esters is 1. The second kappa shape index (κ2) is 5.54. The van der Waals surface area contributed by atoms with Gasteiger partial charge in [-0.3, -0.25) is 0 Å². The maximum atomic E-state index is 11.3. The maximum Gasteiger partial charge on any atom is 0.373 e. The third kappa shape index (κ3) is 2.62. The van der Waals surface area contributed by atoms with E-state index in [0.29, 0.717) is 6.42 Å². The van der Waals surface area contributed by atoms with Crippen LogP contribution in [-0.4, -0.2) is 13.1 Å². The van der Waals surface area contributed by atoms with Crippen LogP contribution in [0.25, 0.3) is 0 Å². The molecule has 0 bridgehead atoms. The van der Waals surface area contributed by atoms with Gasteiger partial charge in [-0.1, -0.05) is 31.2 Å². The van der Waals surface area contributed by atoms with Crippen LogP contribution in [0.2, 0.25) is 0 Å². The van der Waals surface area contributed by atoms with Crippen LogP contribution >= 0.6 is 0 Å². The Balaban J connectivity index is 2.19. The van der Waals surface area contributed by atoms with Gasteiger partial charge in [-0.05, 0) is 29.7 Å². The van der Waals surface area contributed by atoms with E-state index in [1.54, 1.807) is 6.07 Å². The zero-order chi connectivity index (χ0) is 13.0. The molecule has 3 heteroatoms. The van der Waals surface area contributed by atoms with Crippen LogP contribution in [0.15, 0.2) is 40.8 Å². The summed E-state index contributed by atoms with van der Waals surface area (Å²) >= 11 is 0. The number of carbonyl (C=O) groups is 1. The molecule has 0 spiro atoms. The SMILES string of the molecule is CCc1ccccc1Cc1ccc(C(=O)OC)o1. The molecule has 0 unspecified atom stereocenters. The fraction of sp³-hybridized carbons (Fsp3) is 0.267. The highest BCUT2D eigenvalue weighted by Gasteiger charge is 2.11. The van der Waals surface area contributed by atoms with E-state index in [0.717, 1.165) is 12.2 Å². The number of furan rings is 1. The zero-order valence-electron chi connectivity index (χ0n) is 10.6. The van der Waals surface area contributed by atoms with Crippen molar-refractivity contribution in [1.82, 2.24) is 0 Å². The Labute approximate surface area is 106 Å². The van der Waals surface area contributed by atoms with Crippen molar-refractivity contribution >= 4 is 5.97 Å². The first-order valence-corrected chi connectivity index (χ1v) is 5.98. The van der Waals surface area contributed by atoms with Crippen molar-refractivity contribution in [3.8, 4) is 0 Å². The molecule has 94 valence electrons. The zero-order valence-corrected chi connectivity index (χ0v) is 10.6. The van der Waals surface area contributed by atoms with Crippen molar-refractivity contribution in [1.29, 1.82) is 0 Å². The smallest absolute Gasteiger partial charge is 0.373 e. The van der Waals surface area contributed by atoms with Crippen LogP contribution in [0.4, 0.5) is 0 Å². The lowest BCUT2D eigenvalue weighted by Gasteiger charge is -2.05. The molecule has 0 atom stereocenters. The van der Waals surface area contributed by atoms with E-state index in [9.17, 15) is 4.79 Å². The summed E-state index contributed by atoms with van der Waals surface area (Å²) in [7, 11) is 1.34. The summed E-state index contributed by atoms with van der Waals surface area (Å²) < 4.78 is 10.1. The Kier molecular flexibility index (Phi) is 3.82. The molecule has 1 aromatic carbocycles. The van der Waals surface area contributed by atoms with Gasteiger partial charge in [0, 0.05) is 6.42 Å². The minimum absolute atomic E-state index is 0.251. The fourth-order valence-corrected chi connectivity index (χ4v) is 1.95. The number of rotatable bonds is 4. The molecule has 0 aliphatic rings. The normalized spacial score (nSPS) is 10.3. The van der Waals surface area contributed by atoms with E-state index in [-0.39, 0.29) is 5.76 Å². The van der Waals surface area contributed by atoms with Crippen molar-refractivity contribution in [2.75, 3.05) is 7.11 Å². The van der Waals surface area contributed by atoms with Gasteiger partial charge in [0.1, 0.15) is 5.76 Å². The lowest BCUT2D eigenvalue weighted by molar-refractivity contribution is 0.0563. The second-order valence-electron chi connectivity index (χ2n) is 4.06. The maximum absolute atomic E-state index is 11.3. The van der Waals surface area contributed by atoms with Crippen LogP contribution in [0.3, 0.4) is 0 Å². The molecule has 2 aromatic rings. The highest BCUT2D eigenvalue weighted by Crippen LogP contribution is 2.17. The first-order valence-electron chi connectivity index (χ1n) is 5.98. The number of benzene rings is 1. The van der Waals surface area contributed by atoms with Gasteiger partial charge in [0.2, 0.25) is 5.76 Å². The van der Waals surface area contributed by atoms with Gasteiger partial charge >= 0.3 is 5.97 Å². The Morgan fingerprint density at radius 2 is 1.89 bits per heavy atom. The predicted molar refractivity (Wildman–Crippen MR) is 68.7 cm³/mol. The predicted octanol–water partition coefficient (Wildman–Crippen LogP) is 3.22. The van der Waals surface area contributed by atoms with Gasteiger partial charge in [0.15, 0.2) is 0 Å². The quantitative estimate of drug-likeness (QED) is 0.775. The average molecular weight is 244 g/mol. The van der Waals surface area contributed by atoms with Crippen molar-refractivity contribution < 1.29 is 13.9 Å². The summed E-state index contributed by atoms with van der Waals surface area (Å²) in [5.41, 5.74) is 2.53. The number of ether oxygens (including phenoxy) is 1. The number of carbonyl (C=O) groups excluding carboxylic acids is 1. The molecule has 2 rings (SSSR count).